The van der Waals surface area contributed by atoms with Gasteiger partial charge in [-0.2, -0.15) is 0 Å². The molecule has 0 bridgehead atoms. The van der Waals surface area contributed by atoms with Crippen LogP contribution in [-0.4, -0.2) is 5.91 Å². The van der Waals surface area contributed by atoms with Crippen LogP contribution in [0.25, 0.3) is 0 Å². The highest BCUT2D eigenvalue weighted by atomic mass is 79.9. The van der Waals surface area contributed by atoms with Gasteiger partial charge in [-0.15, -0.1) is 11.3 Å². The van der Waals surface area contributed by atoms with E-state index in [0.717, 1.165) is 28.7 Å². The van der Waals surface area contributed by atoms with Crippen LogP contribution in [0.1, 0.15) is 32.1 Å². The zero-order chi connectivity index (χ0) is 13.2. The molecule has 2 nitrogen and oxygen atoms in total. The number of fused-ring (bicyclic) bond motifs is 1. The normalized spacial score (nSPS) is 13.3. The first-order valence-electron chi connectivity index (χ1n) is 6.34. The smallest absolute Gasteiger partial charge is 0.265 e. The van der Waals surface area contributed by atoms with Crippen LogP contribution in [0.2, 0.25) is 0 Å². The van der Waals surface area contributed by atoms with Gasteiger partial charge in [0, 0.05) is 15.9 Å². The summed E-state index contributed by atoms with van der Waals surface area (Å²) in [7, 11) is 0. The van der Waals surface area contributed by atoms with Gasteiger partial charge in [-0.3, -0.25) is 4.79 Å². The monoisotopic (exact) mass is 335 g/mol. The summed E-state index contributed by atoms with van der Waals surface area (Å²) >= 11 is 5.05. The molecule has 2 aromatic rings. The zero-order valence-electron chi connectivity index (χ0n) is 10.4. The Hall–Kier alpha value is -1.13. The maximum Gasteiger partial charge on any atom is 0.265 e. The second-order valence-electron chi connectivity index (χ2n) is 4.70. The summed E-state index contributed by atoms with van der Waals surface area (Å²) in [6, 6.07) is 9.96. The molecule has 1 heterocycles. The van der Waals surface area contributed by atoms with Crippen LogP contribution in [0.3, 0.4) is 0 Å². The van der Waals surface area contributed by atoms with Crippen molar-refractivity contribution in [3.63, 3.8) is 0 Å². The lowest BCUT2D eigenvalue weighted by molar-refractivity contribution is 0.103. The van der Waals surface area contributed by atoms with Gasteiger partial charge in [-0.05, 0) is 48.6 Å². The fourth-order valence-corrected chi connectivity index (χ4v) is 3.83. The van der Waals surface area contributed by atoms with Crippen molar-refractivity contribution in [3.8, 4) is 0 Å². The highest BCUT2D eigenvalue weighted by Gasteiger charge is 2.18. The predicted molar refractivity (Wildman–Crippen MR) is 83.4 cm³/mol. The Kier molecular flexibility index (Phi) is 3.71. The first-order valence-corrected chi connectivity index (χ1v) is 8.28. The molecule has 98 valence electrons. The molecule has 0 aliphatic heterocycles. The summed E-state index contributed by atoms with van der Waals surface area (Å²) in [6.45, 7) is 0. The van der Waals surface area contributed by atoms with Crippen LogP contribution >= 0.6 is 27.3 Å². The third-order valence-corrected chi connectivity index (χ3v) is 5.22. The Morgan fingerprint density at radius 1 is 1.26 bits per heavy atom. The average molecular weight is 336 g/mol. The first-order chi connectivity index (χ1) is 9.26. The van der Waals surface area contributed by atoms with Gasteiger partial charge in [0.1, 0.15) is 0 Å². The van der Waals surface area contributed by atoms with E-state index < -0.39 is 0 Å². The number of thiophene rings is 1. The van der Waals surface area contributed by atoms with Crippen molar-refractivity contribution in [1.29, 1.82) is 0 Å². The van der Waals surface area contributed by atoms with Crippen molar-refractivity contribution in [2.45, 2.75) is 24.6 Å². The second kappa shape index (κ2) is 5.47. The van der Waals surface area contributed by atoms with Crippen molar-refractivity contribution in [3.05, 3.63) is 51.2 Å². The Bertz CT molecular complexity index is 582. The van der Waals surface area contributed by atoms with Crippen molar-refractivity contribution < 1.29 is 4.79 Å². The first kappa shape index (κ1) is 12.9. The third kappa shape index (κ3) is 2.74. The van der Waals surface area contributed by atoms with Crippen molar-refractivity contribution >= 4 is 38.9 Å². The van der Waals surface area contributed by atoms with Crippen LogP contribution in [0.4, 0.5) is 5.69 Å². The van der Waals surface area contributed by atoms with E-state index >= 15 is 0 Å². The molecule has 1 aliphatic carbocycles. The van der Waals surface area contributed by atoms with Crippen molar-refractivity contribution in [2.75, 3.05) is 5.32 Å². The van der Waals surface area contributed by atoms with Crippen molar-refractivity contribution in [1.82, 2.24) is 0 Å². The van der Waals surface area contributed by atoms with E-state index in [9.17, 15) is 4.79 Å². The number of hydrogen-bond acceptors (Lipinski definition) is 2. The van der Waals surface area contributed by atoms with Gasteiger partial charge in [0.2, 0.25) is 0 Å². The summed E-state index contributed by atoms with van der Waals surface area (Å²) in [4.78, 5) is 14.4. The minimum atomic E-state index is 0.00555. The fraction of sp³-hybridized carbons (Fsp3) is 0.267. The number of nitrogens with one attached hydrogen (secondary N) is 1. The quantitative estimate of drug-likeness (QED) is 0.828. The van der Waals surface area contributed by atoms with Gasteiger partial charge in [0.25, 0.3) is 5.91 Å². The largest absolute Gasteiger partial charge is 0.321 e. The molecule has 1 amide bonds. The number of benzene rings is 1. The van der Waals surface area contributed by atoms with Gasteiger partial charge < -0.3 is 5.32 Å². The van der Waals surface area contributed by atoms with Crippen LogP contribution in [0.15, 0.2) is 30.3 Å². The second-order valence-corrected chi connectivity index (χ2v) is 6.39. The molecule has 0 saturated carbocycles. The van der Waals surface area contributed by atoms with Gasteiger partial charge >= 0.3 is 0 Å². The zero-order valence-corrected chi connectivity index (χ0v) is 12.8. The molecular weight excluding hydrogens is 322 g/mol. The Balaban J connectivity index is 1.72. The number of rotatable bonds is 3. The summed E-state index contributed by atoms with van der Waals surface area (Å²) in [5.74, 6) is 0.00555. The summed E-state index contributed by atoms with van der Waals surface area (Å²) < 4.78 is 0. The topological polar surface area (TPSA) is 29.1 Å². The van der Waals surface area contributed by atoms with Gasteiger partial charge in [0.15, 0.2) is 0 Å². The molecule has 0 unspecified atom stereocenters. The summed E-state index contributed by atoms with van der Waals surface area (Å²) in [5.41, 5.74) is 3.42. The van der Waals surface area contributed by atoms with Crippen LogP contribution in [0, 0.1) is 0 Å². The number of halogens is 1. The van der Waals surface area contributed by atoms with Crippen molar-refractivity contribution in [2.24, 2.45) is 0 Å². The van der Waals surface area contributed by atoms with E-state index in [1.807, 2.05) is 24.3 Å². The van der Waals surface area contributed by atoms with E-state index in [1.165, 1.54) is 22.4 Å². The van der Waals surface area contributed by atoms with Crippen LogP contribution in [0.5, 0.6) is 0 Å². The maximum absolute atomic E-state index is 12.2. The molecule has 0 atom stereocenters. The minimum absolute atomic E-state index is 0.00555. The molecule has 19 heavy (non-hydrogen) atoms. The number of hydrogen-bond donors (Lipinski definition) is 1. The third-order valence-electron chi connectivity index (χ3n) is 3.34. The lowest BCUT2D eigenvalue weighted by Gasteiger charge is -2.04. The number of carbonyl (C=O) groups excluding carboxylic acids is 1. The number of amides is 1. The standard InChI is InChI=1S/C15H14BrNOS/c16-9-10-4-6-12(7-5-10)17-15(18)14-8-11-2-1-3-13(11)19-14/h4-8H,1-3,9H2,(H,17,18). The highest BCUT2D eigenvalue weighted by Crippen LogP contribution is 2.31. The molecule has 0 radical (unpaired) electrons. The van der Waals surface area contributed by atoms with Crippen LogP contribution in [-0.2, 0) is 18.2 Å². The molecule has 1 aliphatic rings. The van der Waals surface area contributed by atoms with E-state index in [1.54, 1.807) is 11.3 Å². The molecule has 1 aromatic carbocycles. The van der Waals surface area contributed by atoms with Gasteiger partial charge in [0.05, 0.1) is 4.88 Å². The van der Waals surface area contributed by atoms with E-state index in [2.05, 4.69) is 27.3 Å². The van der Waals surface area contributed by atoms with E-state index in [0.29, 0.717) is 0 Å². The Labute approximate surface area is 125 Å². The average Bonchev–Trinajstić information content (AvgIpc) is 3.00. The molecule has 0 saturated heterocycles. The minimum Gasteiger partial charge on any atom is -0.321 e. The lowest BCUT2D eigenvalue weighted by atomic mass is 10.2. The summed E-state index contributed by atoms with van der Waals surface area (Å²) in [6.07, 6.45) is 3.49. The van der Waals surface area contributed by atoms with E-state index in [4.69, 9.17) is 0 Å². The Morgan fingerprint density at radius 2 is 2.05 bits per heavy atom. The molecule has 1 aromatic heterocycles. The molecular formula is C15H14BrNOS. The lowest BCUT2D eigenvalue weighted by Crippen LogP contribution is -2.10. The number of carbonyl (C=O) groups is 1. The SMILES string of the molecule is O=C(Nc1ccc(CBr)cc1)c1cc2c(s1)CCC2. The van der Waals surface area contributed by atoms with Crippen LogP contribution < -0.4 is 5.32 Å². The number of anilines is 1. The number of aryl methyl sites for hydroxylation is 2. The molecule has 0 spiro atoms. The van der Waals surface area contributed by atoms with Gasteiger partial charge in [-0.25, -0.2) is 0 Å². The molecule has 3 rings (SSSR count). The van der Waals surface area contributed by atoms with Gasteiger partial charge in [-0.1, -0.05) is 28.1 Å². The highest BCUT2D eigenvalue weighted by molar-refractivity contribution is 9.08. The summed E-state index contributed by atoms with van der Waals surface area (Å²) in [5, 5.41) is 3.79. The maximum atomic E-state index is 12.2. The predicted octanol–water partition coefficient (Wildman–Crippen LogP) is 4.38. The Morgan fingerprint density at radius 3 is 2.74 bits per heavy atom. The molecule has 4 heteroatoms. The molecule has 0 fully saturated rings. The molecule has 1 N–H and O–H groups in total. The number of alkyl halides is 1. The van der Waals surface area contributed by atoms with E-state index in [-0.39, 0.29) is 5.91 Å². The fourth-order valence-electron chi connectivity index (χ4n) is 2.31.